The Morgan fingerprint density at radius 2 is 1.88 bits per heavy atom. The average Bonchev–Trinajstić information content (AvgIpc) is 2.63. The van der Waals surface area contributed by atoms with Gasteiger partial charge in [0.15, 0.2) is 0 Å². The molecule has 0 saturated carbocycles. The van der Waals surface area contributed by atoms with Crippen molar-refractivity contribution in [1.82, 2.24) is 14.3 Å². The van der Waals surface area contributed by atoms with E-state index < -0.39 is 10.0 Å². The van der Waals surface area contributed by atoms with Crippen molar-refractivity contribution in [3.63, 3.8) is 0 Å². The highest BCUT2D eigenvalue weighted by Gasteiger charge is 2.29. The Morgan fingerprint density at radius 1 is 1.15 bits per heavy atom. The molecule has 0 bridgehead atoms. The van der Waals surface area contributed by atoms with E-state index in [0.29, 0.717) is 43.4 Å². The van der Waals surface area contributed by atoms with E-state index in [1.54, 1.807) is 19.2 Å². The molecule has 1 aromatic carbocycles. The molecule has 1 saturated heterocycles. The third-order valence-electron chi connectivity index (χ3n) is 4.19. The van der Waals surface area contributed by atoms with Gasteiger partial charge in [-0.15, -0.1) is 0 Å². The molecule has 2 aromatic rings. The van der Waals surface area contributed by atoms with Crippen molar-refractivity contribution >= 4 is 10.0 Å². The monoisotopic (exact) mass is 377 g/mol. The van der Waals surface area contributed by atoms with Crippen LogP contribution in [0.15, 0.2) is 42.6 Å². The molecule has 0 radical (unpaired) electrons. The number of piperidine rings is 1. The number of ether oxygens (including phenoxy) is 2. The van der Waals surface area contributed by atoms with Crippen LogP contribution in [0.25, 0.3) is 0 Å². The van der Waals surface area contributed by atoms with E-state index in [2.05, 4.69) is 9.97 Å². The molecule has 26 heavy (non-hydrogen) atoms. The number of hydrogen-bond donors (Lipinski definition) is 0. The first kappa shape index (κ1) is 18.6. The van der Waals surface area contributed by atoms with E-state index in [-0.39, 0.29) is 18.5 Å². The van der Waals surface area contributed by atoms with E-state index in [0.717, 1.165) is 0 Å². The number of benzene rings is 1. The maximum atomic E-state index is 12.5. The van der Waals surface area contributed by atoms with Gasteiger partial charge in [0, 0.05) is 25.4 Å². The minimum atomic E-state index is -3.33. The number of sulfonamides is 1. The largest absolute Gasteiger partial charge is 0.492 e. The molecule has 1 aromatic heterocycles. The topological polar surface area (TPSA) is 81.6 Å². The van der Waals surface area contributed by atoms with Gasteiger partial charge in [0.05, 0.1) is 5.75 Å². The molecule has 7 nitrogen and oxygen atoms in total. The normalized spacial score (nSPS) is 16.3. The standard InChI is InChI=1S/C18H23N3O4S/c1-15-19-10-7-18(20-15)25-17-8-11-21(12-9-17)26(22,23)14-13-24-16-5-3-2-4-6-16/h2-7,10,17H,8-9,11-14H2,1H3. The van der Waals surface area contributed by atoms with Crippen LogP contribution in [0, 0.1) is 6.92 Å². The molecule has 1 aliphatic heterocycles. The SMILES string of the molecule is Cc1nccc(OC2CCN(S(=O)(=O)CCOc3ccccc3)CC2)n1. The Kier molecular flexibility index (Phi) is 6.05. The zero-order valence-electron chi connectivity index (χ0n) is 14.7. The third kappa shape index (κ3) is 5.15. The summed E-state index contributed by atoms with van der Waals surface area (Å²) in [6.07, 6.45) is 2.91. The van der Waals surface area contributed by atoms with E-state index in [9.17, 15) is 8.42 Å². The van der Waals surface area contributed by atoms with Gasteiger partial charge in [-0.25, -0.2) is 17.7 Å². The first-order chi connectivity index (χ1) is 12.5. The molecule has 0 atom stereocenters. The van der Waals surface area contributed by atoms with Crippen LogP contribution in [-0.2, 0) is 10.0 Å². The van der Waals surface area contributed by atoms with Gasteiger partial charge in [-0.2, -0.15) is 4.98 Å². The predicted molar refractivity (Wildman–Crippen MR) is 97.7 cm³/mol. The molecular formula is C18H23N3O4S. The maximum Gasteiger partial charge on any atom is 0.217 e. The van der Waals surface area contributed by atoms with Crippen molar-refractivity contribution in [2.24, 2.45) is 0 Å². The highest BCUT2D eigenvalue weighted by molar-refractivity contribution is 7.89. The van der Waals surface area contributed by atoms with Crippen molar-refractivity contribution in [2.45, 2.75) is 25.9 Å². The van der Waals surface area contributed by atoms with Gasteiger partial charge in [-0.3, -0.25) is 0 Å². The van der Waals surface area contributed by atoms with Gasteiger partial charge in [0.2, 0.25) is 15.9 Å². The van der Waals surface area contributed by atoms with Gasteiger partial charge in [0.25, 0.3) is 0 Å². The summed E-state index contributed by atoms with van der Waals surface area (Å²) >= 11 is 0. The molecule has 1 fully saturated rings. The molecule has 1 aliphatic rings. The lowest BCUT2D eigenvalue weighted by molar-refractivity contribution is 0.129. The molecule has 0 amide bonds. The van der Waals surface area contributed by atoms with E-state index in [4.69, 9.17) is 9.47 Å². The Balaban J connectivity index is 1.45. The minimum Gasteiger partial charge on any atom is -0.492 e. The van der Waals surface area contributed by atoms with Gasteiger partial charge in [-0.05, 0) is 31.9 Å². The number of aryl methyl sites for hydroxylation is 1. The molecule has 0 unspecified atom stereocenters. The Bertz CT molecular complexity index is 806. The summed E-state index contributed by atoms with van der Waals surface area (Å²) in [7, 11) is -3.33. The van der Waals surface area contributed by atoms with Crippen molar-refractivity contribution < 1.29 is 17.9 Å². The Morgan fingerprint density at radius 3 is 2.58 bits per heavy atom. The summed E-state index contributed by atoms with van der Waals surface area (Å²) in [5.41, 5.74) is 0. The predicted octanol–water partition coefficient (Wildman–Crippen LogP) is 2.04. The van der Waals surface area contributed by atoms with Gasteiger partial charge in [-0.1, -0.05) is 18.2 Å². The van der Waals surface area contributed by atoms with E-state index in [1.165, 1.54) is 4.31 Å². The van der Waals surface area contributed by atoms with Crippen molar-refractivity contribution in [1.29, 1.82) is 0 Å². The lowest BCUT2D eigenvalue weighted by atomic mass is 10.1. The molecular weight excluding hydrogens is 354 g/mol. The maximum absolute atomic E-state index is 12.5. The summed E-state index contributed by atoms with van der Waals surface area (Å²) in [5.74, 6) is 1.84. The summed E-state index contributed by atoms with van der Waals surface area (Å²) < 4.78 is 37.8. The Hall–Kier alpha value is -2.19. The number of rotatable bonds is 7. The molecule has 0 spiro atoms. The van der Waals surface area contributed by atoms with Crippen LogP contribution in [0.4, 0.5) is 0 Å². The van der Waals surface area contributed by atoms with Crippen LogP contribution in [0.3, 0.4) is 0 Å². The summed E-state index contributed by atoms with van der Waals surface area (Å²) in [6.45, 7) is 2.84. The first-order valence-corrected chi connectivity index (χ1v) is 10.3. The van der Waals surface area contributed by atoms with Gasteiger partial charge < -0.3 is 9.47 Å². The zero-order chi connectivity index (χ0) is 18.4. The second-order valence-electron chi connectivity index (χ2n) is 6.14. The van der Waals surface area contributed by atoms with Crippen molar-refractivity contribution in [3.8, 4) is 11.6 Å². The average molecular weight is 377 g/mol. The lowest BCUT2D eigenvalue weighted by Crippen LogP contribution is -2.43. The third-order valence-corrected chi connectivity index (χ3v) is 6.02. The quantitative estimate of drug-likeness (QED) is 0.734. The fourth-order valence-corrected chi connectivity index (χ4v) is 4.13. The van der Waals surface area contributed by atoms with Crippen LogP contribution in [-0.4, -0.2) is 54.2 Å². The second-order valence-corrected chi connectivity index (χ2v) is 8.22. The fourth-order valence-electron chi connectivity index (χ4n) is 2.81. The highest BCUT2D eigenvalue weighted by Crippen LogP contribution is 2.19. The molecule has 2 heterocycles. The molecule has 0 N–H and O–H groups in total. The number of aromatic nitrogens is 2. The molecule has 8 heteroatoms. The molecule has 140 valence electrons. The van der Waals surface area contributed by atoms with Crippen LogP contribution < -0.4 is 9.47 Å². The molecule has 3 rings (SSSR count). The van der Waals surface area contributed by atoms with E-state index >= 15 is 0 Å². The van der Waals surface area contributed by atoms with Gasteiger partial charge in [0.1, 0.15) is 24.3 Å². The summed E-state index contributed by atoms with van der Waals surface area (Å²) in [4.78, 5) is 8.26. The van der Waals surface area contributed by atoms with Crippen molar-refractivity contribution in [3.05, 3.63) is 48.4 Å². The van der Waals surface area contributed by atoms with Crippen LogP contribution in [0.1, 0.15) is 18.7 Å². The summed E-state index contributed by atoms with van der Waals surface area (Å²) in [6, 6.07) is 10.9. The first-order valence-electron chi connectivity index (χ1n) is 8.65. The fraction of sp³-hybridized carbons (Fsp3) is 0.444. The summed E-state index contributed by atoms with van der Waals surface area (Å²) in [5, 5.41) is 0. The van der Waals surface area contributed by atoms with Gasteiger partial charge >= 0.3 is 0 Å². The van der Waals surface area contributed by atoms with Crippen LogP contribution in [0.5, 0.6) is 11.6 Å². The lowest BCUT2D eigenvalue weighted by Gasteiger charge is -2.31. The smallest absolute Gasteiger partial charge is 0.217 e. The zero-order valence-corrected chi connectivity index (χ0v) is 15.6. The van der Waals surface area contributed by atoms with Crippen LogP contribution >= 0.6 is 0 Å². The van der Waals surface area contributed by atoms with E-state index in [1.807, 2.05) is 30.3 Å². The number of nitrogens with zero attached hydrogens (tertiary/aromatic N) is 3. The molecule has 0 aliphatic carbocycles. The highest BCUT2D eigenvalue weighted by atomic mass is 32.2. The minimum absolute atomic E-state index is 0.0292. The number of hydrogen-bond acceptors (Lipinski definition) is 6. The Labute approximate surface area is 154 Å². The van der Waals surface area contributed by atoms with Crippen molar-refractivity contribution in [2.75, 3.05) is 25.4 Å². The van der Waals surface area contributed by atoms with Crippen LogP contribution in [0.2, 0.25) is 0 Å². The number of para-hydroxylation sites is 1. The second kappa shape index (κ2) is 8.46.